The Kier molecular flexibility index (Phi) is 2.60. The van der Waals surface area contributed by atoms with Gasteiger partial charge in [-0.3, -0.25) is 0 Å². The number of anilines is 1. The zero-order chi connectivity index (χ0) is 12.5. The molecule has 0 saturated heterocycles. The van der Waals surface area contributed by atoms with E-state index in [4.69, 9.17) is 5.73 Å². The molecule has 0 unspecified atom stereocenters. The van der Waals surface area contributed by atoms with Crippen LogP contribution in [-0.4, -0.2) is 14.5 Å². The van der Waals surface area contributed by atoms with Crippen LogP contribution in [0.3, 0.4) is 0 Å². The van der Waals surface area contributed by atoms with Crippen molar-refractivity contribution in [2.24, 2.45) is 7.05 Å². The summed E-state index contributed by atoms with van der Waals surface area (Å²) in [6, 6.07) is 7.73. The van der Waals surface area contributed by atoms with Crippen LogP contribution >= 0.6 is 11.3 Å². The average molecular weight is 256 g/mol. The van der Waals surface area contributed by atoms with Gasteiger partial charge in [-0.05, 0) is 12.1 Å². The second-order valence-electron chi connectivity index (χ2n) is 4.02. The highest BCUT2D eigenvalue weighted by Gasteiger charge is 2.09. The number of nitrogens with zero attached hydrogens (tertiary/aromatic N) is 3. The van der Waals surface area contributed by atoms with E-state index in [0.717, 1.165) is 27.8 Å². The number of aromatic nitrogens is 3. The molecule has 2 aromatic heterocycles. The predicted octanol–water partition coefficient (Wildman–Crippen LogP) is 2.79. The second kappa shape index (κ2) is 4.27. The van der Waals surface area contributed by atoms with Crippen LogP contribution in [-0.2, 0) is 7.05 Å². The van der Waals surface area contributed by atoms with Gasteiger partial charge in [0.15, 0.2) is 10.8 Å². The molecule has 1 aromatic carbocycles. The normalized spacial score (nSPS) is 10.7. The Balaban J connectivity index is 1.99. The Labute approximate surface area is 109 Å². The number of thiazole rings is 1. The van der Waals surface area contributed by atoms with Crippen molar-refractivity contribution in [1.82, 2.24) is 14.5 Å². The first kappa shape index (κ1) is 11.0. The molecule has 0 atom stereocenters. The highest BCUT2D eigenvalue weighted by atomic mass is 32.1. The van der Waals surface area contributed by atoms with E-state index in [2.05, 4.69) is 9.97 Å². The Bertz CT molecular complexity index is 666. The van der Waals surface area contributed by atoms with Crippen LogP contribution in [0.1, 0.15) is 0 Å². The summed E-state index contributed by atoms with van der Waals surface area (Å²) in [5.41, 5.74) is 8.46. The summed E-state index contributed by atoms with van der Waals surface area (Å²) in [7, 11) is 1.96. The van der Waals surface area contributed by atoms with Gasteiger partial charge in [0.25, 0.3) is 0 Å². The molecule has 5 heteroatoms. The summed E-state index contributed by atoms with van der Waals surface area (Å²) in [5, 5.41) is 2.96. The van der Waals surface area contributed by atoms with Gasteiger partial charge in [0.05, 0.1) is 5.69 Å². The van der Waals surface area contributed by atoms with Crippen molar-refractivity contribution >= 4 is 17.0 Å². The predicted molar refractivity (Wildman–Crippen MR) is 74.2 cm³/mol. The van der Waals surface area contributed by atoms with E-state index in [0.29, 0.717) is 0 Å². The van der Waals surface area contributed by atoms with Crippen molar-refractivity contribution in [2.75, 3.05) is 5.73 Å². The molecule has 90 valence electrons. The molecule has 0 bridgehead atoms. The molecule has 2 heterocycles. The van der Waals surface area contributed by atoms with Crippen LogP contribution in [0.5, 0.6) is 0 Å². The summed E-state index contributed by atoms with van der Waals surface area (Å²) in [4.78, 5) is 8.91. The van der Waals surface area contributed by atoms with Crippen molar-refractivity contribution in [3.8, 4) is 22.1 Å². The number of aryl methyl sites for hydroxylation is 1. The molecule has 4 nitrogen and oxygen atoms in total. The summed E-state index contributed by atoms with van der Waals surface area (Å²) >= 11 is 1.59. The molecule has 18 heavy (non-hydrogen) atoms. The van der Waals surface area contributed by atoms with Gasteiger partial charge in [-0.2, -0.15) is 0 Å². The van der Waals surface area contributed by atoms with E-state index in [1.54, 1.807) is 17.5 Å². The fraction of sp³-hybridized carbons (Fsp3) is 0.0769. The lowest BCUT2D eigenvalue weighted by Crippen LogP contribution is -1.90. The fourth-order valence-electron chi connectivity index (χ4n) is 1.73. The first-order chi connectivity index (χ1) is 8.74. The molecule has 3 aromatic rings. The molecule has 2 N–H and O–H groups in total. The molecular weight excluding hydrogens is 244 g/mol. The number of nitrogen functional groups attached to an aromatic ring is 1. The zero-order valence-electron chi connectivity index (χ0n) is 9.87. The highest BCUT2D eigenvalue weighted by molar-refractivity contribution is 7.13. The van der Waals surface area contributed by atoms with Gasteiger partial charge in [-0.25, -0.2) is 9.97 Å². The monoisotopic (exact) mass is 256 g/mol. The van der Waals surface area contributed by atoms with Gasteiger partial charge in [0.1, 0.15) is 0 Å². The van der Waals surface area contributed by atoms with Gasteiger partial charge in [-0.1, -0.05) is 12.1 Å². The second-order valence-corrected chi connectivity index (χ2v) is 4.88. The lowest BCUT2D eigenvalue weighted by atomic mass is 10.1. The lowest BCUT2D eigenvalue weighted by Gasteiger charge is -1.98. The van der Waals surface area contributed by atoms with Crippen LogP contribution in [0, 0.1) is 0 Å². The number of nitrogens with two attached hydrogens (primary N) is 1. The van der Waals surface area contributed by atoms with E-state index < -0.39 is 0 Å². The third-order valence-electron chi connectivity index (χ3n) is 2.72. The van der Waals surface area contributed by atoms with E-state index in [9.17, 15) is 0 Å². The largest absolute Gasteiger partial charge is 0.399 e. The maximum atomic E-state index is 5.68. The Morgan fingerprint density at radius 3 is 2.67 bits per heavy atom. The molecule has 0 spiro atoms. The summed E-state index contributed by atoms with van der Waals surface area (Å²) < 4.78 is 1.96. The SMILES string of the molecule is Cn1ccnc1-c1nc(-c2ccc(N)cc2)cs1. The van der Waals surface area contributed by atoms with Crippen LogP contribution in [0.2, 0.25) is 0 Å². The third kappa shape index (κ3) is 1.89. The number of rotatable bonds is 2. The van der Waals surface area contributed by atoms with Gasteiger partial charge >= 0.3 is 0 Å². The van der Waals surface area contributed by atoms with Crippen LogP contribution in [0.15, 0.2) is 42.0 Å². The van der Waals surface area contributed by atoms with Crippen LogP contribution in [0.4, 0.5) is 5.69 Å². The minimum absolute atomic E-state index is 0.762. The van der Waals surface area contributed by atoms with E-state index in [1.165, 1.54) is 0 Å². The molecule has 3 rings (SSSR count). The van der Waals surface area contributed by atoms with Crippen molar-refractivity contribution in [1.29, 1.82) is 0 Å². The number of hydrogen-bond donors (Lipinski definition) is 1. The van der Waals surface area contributed by atoms with Crippen LogP contribution in [0.25, 0.3) is 22.1 Å². The first-order valence-electron chi connectivity index (χ1n) is 5.53. The molecular formula is C13H12N4S. The first-order valence-corrected chi connectivity index (χ1v) is 6.41. The standard InChI is InChI=1S/C13H12N4S/c1-17-7-6-15-12(17)13-16-11(8-18-13)9-2-4-10(14)5-3-9/h2-8H,14H2,1H3. The van der Waals surface area contributed by atoms with E-state index >= 15 is 0 Å². The molecule has 0 amide bonds. The van der Waals surface area contributed by atoms with Crippen molar-refractivity contribution in [3.05, 3.63) is 42.0 Å². The number of benzene rings is 1. The zero-order valence-corrected chi connectivity index (χ0v) is 10.7. The van der Waals surface area contributed by atoms with E-state index in [1.807, 2.05) is 47.5 Å². The van der Waals surface area contributed by atoms with Gasteiger partial charge < -0.3 is 10.3 Å². The smallest absolute Gasteiger partial charge is 0.168 e. The molecule has 0 aliphatic rings. The van der Waals surface area contributed by atoms with E-state index in [-0.39, 0.29) is 0 Å². The minimum Gasteiger partial charge on any atom is -0.399 e. The molecule has 0 aliphatic carbocycles. The van der Waals surface area contributed by atoms with Crippen LogP contribution < -0.4 is 5.73 Å². The quantitative estimate of drug-likeness (QED) is 0.717. The number of hydrogen-bond acceptors (Lipinski definition) is 4. The Hall–Kier alpha value is -2.14. The minimum atomic E-state index is 0.762. The Morgan fingerprint density at radius 2 is 2.00 bits per heavy atom. The summed E-state index contributed by atoms with van der Waals surface area (Å²) in [6.07, 6.45) is 3.69. The van der Waals surface area contributed by atoms with Crippen molar-refractivity contribution < 1.29 is 0 Å². The molecule has 0 radical (unpaired) electrons. The van der Waals surface area contributed by atoms with Crippen molar-refractivity contribution in [2.45, 2.75) is 0 Å². The van der Waals surface area contributed by atoms with Gasteiger partial charge in [0.2, 0.25) is 0 Å². The molecule has 0 fully saturated rings. The molecule has 0 saturated carbocycles. The van der Waals surface area contributed by atoms with Crippen molar-refractivity contribution in [3.63, 3.8) is 0 Å². The fourth-order valence-corrected chi connectivity index (χ4v) is 2.60. The van der Waals surface area contributed by atoms with Gasteiger partial charge in [0, 0.05) is 36.1 Å². The third-order valence-corrected chi connectivity index (χ3v) is 3.56. The maximum Gasteiger partial charge on any atom is 0.168 e. The summed E-state index contributed by atoms with van der Waals surface area (Å²) in [6.45, 7) is 0. The lowest BCUT2D eigenvalue weighted by molar-refractivity contribution is 0.923. The highest BCUT2D eigenvalue weighted by Crippen LogP contribution is 2.27. The average Bonchev–Trinajstić information content (AvgIpc) is 2.98. The maximum absolute atomic E-state index is 5.68. The molecule has 0 aliphatic heterocycles. The topological polar surface area (TPSA) is 56.7 Å². The number of imidazole rings is 1. The van der Waals surface area contributed by atoms with Gasteiger partial charge in [-0.15, -0.1) is 11.3 Å². The summed E-state index contributed by atoms with van der Waals surface area (Å²) in [5.74, 6) is 0.890. The Morgan fingerprint density at radius 1 is 1.22 bits per heavy atom.